The molecule has 3 aliphatic heterocycles. The number of rotatable bonds is 1. The average Bonchev–Trinajstić information content (AvgIpc) is 2.47. The Bertz CT molecular complexity index is 672. The Balaban J connectivity index is 1.82. The van der Waals surface area contributed by atoms with Gasteiger partial charge in [0.05, 0.1) is 11.6 Å². The molecule has 1 atom stereocenters. The largest absolute Gasteiger partial charge is 0.310 e. The molecule has 0 N–H and O–H groups in total. The molecular weight excluding hydrogens is 240 g/mol. The van der Waals surface area contributed by atoms with Crippen molar-refractivity contribution in [1.29, 1.82) is 0 Å². The average molecular weight is 256 g/mol. The Labute approximate surface area is 110 Å². The van der Waals surface area contributed by atoms with E-state index in [1.807, 2.05) is 10.8 Å². The van der Waals surface area contributed by atoms with Crippen LogP contribution in [0, 0.1) is 5.92 Å². The number of hydrogen-bond donors (Lipinski definition) is 0. The van der Waals surface area contributed by atoms with Gasteiger partial charge in [-0.25, -0.2) is 9.97 Å². The number of nitrogens with zero attached hydrogens (tertiary/aromatic N) is 4. The van der Waals surface area contributed by atoms with Crippen molar-refractivity contribution in [3.05, 3.63) is 35.1 Å². The summed E-state index contributed by atoms with van der Waals surface area (Å²) in [6.45, 7) is 3.38. The van der Waals surface area contributed by atoms with Gasteiger partial charge in [-0.3, -0.25) is 4.79 Å². The lowest BCUT2D eigenvalue weighted by Gasteiger charge is -2.45. The van der Waals surface area contributed by atoms with Crippen LogP contribution in [0.1, 0.15) is 18.9 Å². The lowest BCUT2D eigenvalue weighted by atomic mass is 9.84. The second-order valence-corrected chi connectivity index (χ2v) is 5.59. The second-order valence-electron chi connectivity index (χ2n) is 5.59. The molecule has 0 saturated carbocycles. The van der Waals surface area contributed by atoms with Crippen molar-refractivity contribution in [3.8, 4) is 0 Å². The molecule has 5 rings (SSSR count). The van der Waals surface area contributed by atoms with E-state index in [9.17, 15) is 4.79 Å². The summed E-state index contributed by atoms with van der Waals surface area (Å²) in [5.74, 6) is 0.643. The summed E-state index contributed by atoms with van der Waals surface area (Å²) in [6.07, 6.45) is 7.62. The normalized spacial score (nSPS) is 29.8. The third kappa shape index (κ3) is 1.76. The summed E-state index contributed by atoms with van der Waals surface area (Å²) >= 11 is 0. The van der Waals surface area contributed by atoms with Gasteiger partial charge < -0.3 is 9.47 Å². The van der Waals surface area contributed by atoms with E-state index >= 15 is 0 Å². The first-order chi connectivity index (χ1) is 9.31. The minimum Gasteiger partial charge on any atom is -0.310 e. The van der Waals surface area contributed by atoms with E-state index in [1.165, 1.54) is 32.3 Å². The molecule has 0 aromatic carbocycles. The Kier molecular flexibility index (Phi) is 2.41. The monoisotopic (exact) mass is 256 g/mol. The van der Waals surface area contributed by atoms with Gasteiger partial charge in [-0.05, 0) is 31.8 Å². The standard InChI is InChI=1S/C14H16N4O/c19-14-5-12-11(6-15-9-16-12)7-18(14)13-8-17-3-1-10(13)2-4-17/h5-7,9-10,13H,1-4,8H2. The smallest absolute Gasteiger partial charge is 0.253 e. The van der Waals surface area contributed by atoms with E-state index in [0.717, 1.165) is 17.4 Å². The van der Waals surface area contributed by atoms with Gasteiger partial charge in [-0.1, -0.05) is 0 Å². The van der Waals surface area contributed by atoms with Crippen molar-refractivity contribution >= 4 is 10.9 Å². The Hall–Kier alpha value is -1.75. The summed E-state index contributed by atoms with van der Waals surface area (Å²) in [7, 11) is 0. The van der Waals surface area contributed by atoms with Crippen molar-refractivity contribution in [2.45, 2.75) is 18.9 Å². The van der Waals surface area contributed by atoms with Crippen LogP contribution in [-0.2, 0) is 0 Å². The van der Waals surface area contributed by atoms with Crippen LogP contribution in [0.3, 0.4) is 0 Å². The van der Waals surface area contributed by atoms with E-state index < -0.39 is 0 Å². The highest BCUT2D eigenvalue weighted by Gasteiger charge is 2.35. The number of aromatic nitrogens is 3. The van der Waals surface area contributed by atoms with Crippen LogP contribution in [0.4, 0.5) is 0 Å². The second kappa shape index (κ2) is 4.13. The Morgan fingerprint density at radius 3 is 2.84 bits per heavy atom. The first-order valence-corrected chi connectivity index (χ1v) is 6.85. The Morgan fingerprint density at radius 1 is 1.26 bits per heavy atom. The zero-order chi connectivity index (χ0) is 12.8. The molecule has 0 amide bonds. The van der Waals surface area contributed by atoms with Crippen LogP contribution >= 0.6 is 0 Å². The summed E-state index contributed by atoms with van der Waals surface area (Å²) < 4.78 is 1.90. The van der Waals surface area contributed by atoms with Crippen LogP contribution in [0.2, 0.25) is 0 Å². The summed E-state index contributed by atoms with van der Waals surface area (Å²) in [6, 6.07) is 1.95. The third-order valence-corrected chi connectivity index (χ3v) is 4.54. The topological polar surface area (TPSA) is 51.0 Å². The highest BCUT2D eigenvalue weighted by Crippen LogP contribution is 2.34. The van der Waals surface area contributed by atoms with E-state index in [1.54, 1.807) is 12.3 Å². The molecule has 5 heterocycles. The first-order valence-electron chi connectivity index (χ1n) is 6.85. The maximum atomic E-state index is 12.3. The van der Waals surface area contributed by atoms with Gasteiger partial charge >= 0.3 is 0 Å². The van der Waals surface area contributed by atoms with Crippen molar-refractivity contribution in [2.75, 3.05) is 19.6 Å². The SMILES string of the molecule is O=c1cc2ncncc2cn1C1CN2CCC1CC2. The fourth-order valence-electron chi connectivity index (χ4n) is 3.48. The van der Waals surface area contributed by atoms with Crippen molar-refractivity contribution in [1.82, 2.24) is 19.4 Å². The van der Waals surface area contributed by atoms with Gasteiger partial charge in [0.2, 0.25) is 0 Å². The molecule has 0 spiro atoms. The quantitative estimate of drug-likeness (QED) is 0.765. The summed E-state index contributed by atoms with van der Waals surface area (Å²) in [4.78, 5) is 22.9. The van der Waals surface area contributed by atoms with E-state index in [0.29, 0.717) is 12.0 Å². The predicted molar refractivity (Wildman–Crippen MR) is 72.0 cm³/mol. The van der Waals surface area contributed by atoms with Crippen LogP contribution in [0.5, 0.6) is 0 Å². The van der Waals surface area contributed by atoms with Crippen LogP contribution in [-0.4, -0.2) is 39.1 Å². The van der Waals surface area contributed by atoms with Crippen molar-refractivity contribution < 1.29 is 0 Å². The zero-order valence-electron chi connectivity index (χ0n) is 10.7. The van der Waals surface area contributed by atoms with Gasteiger partial charge in [-0.2, -0.15) is 0 Å². The first kappa shape index (κ1) is 11.1. The van der Waals surface area contributed by atoms with Crippen LogP contribution in [0.25, 0.3) is 10.9 Å². The highest BCUT2D eigenvalue weighted by molar-refractivity contribution is 5.75. The zero-order valence-corrected chi connectivity index (χ0v) is 10.7. The molecule has 98 valence electrons. The lowest BCUT2D eigenvalue weighted by Crippen LogP contribution is -2.49. The minimum absolute atomic E-state index is 0.0601. The summed E-state index contributed by atoms with van der Waals surface area (Å²) in [5, 5.41) is 0.943. The van der Waals surface area contributed by atoms with E-state index in [2.05, 4.69) is 14.9 Å². The molecule has 2 bridgehead atoms. The van der Waals surface area contributed by atoms with Crippen LogP contribution in [0.15, 0.2) is 29.6 Å². The van der Waals surface area contributed by atoms with E-state index in [4.69, 9.17) is 0 Å². The van der Waals surface area contributed by atoms with Gasteiger partial charge in [0.15, 0.2) is 0 Å². The molecule has 19 heavy (non-hydrogen) atoms. The number of hydrogen-bond acceptors (Lipinski definition) is 4. The van der Waals surface area contributed by atoms with Crippen molar-refractivity contribution in [2.24, 2.45) is 5.92 Å². The van der Waals surface area contributed by atoms with E-state index in [-0.39, 0.29) is 5.56 Å². The lowest BCUT2D eigenvalue weighted by molar-refractivity contribution is 0.0556. The number of pyridine rings is 1. The number of piperidine rings is 3. The van der Waals surface area contributed by atoms with Crippen molar-refractivity contribution in [3.63, 3.8) is 0 Å². The molecule has 2 aromatic rings. The fraction of sp³-hybridized carbons (Fsp3) is 0.500. The molecule has 5 heteroatoms. The van der Waals surface area contributed by atoms with Gasteiger partial charge in [0, 0.05) is 30.4 Å². The molecule has 5 nitrogen and oxygen atoms in total. The third-order valence-electron chi connectivity index (χ3n) is 4.54. The molecule has 2 aromatic heterocycles. The molecule has 0 aliphatic carbocycles. The maximum absolute atomic E-state index is 12.3. The predicted octanol–water partition coefficient (Wildman–Crippen LogP) is 1.06. The fourth-order valence-corrected chi connectivity index (χ4v) is 3.48. The van der Waals surface area contributed by atoms with Gasteiger partial charge in [0.25, 0.3) is 5.56 Å². The minimum atomic E-state index is 0.0601. The maximum Gasteiger partial charge on any atom is 0.253 e. The Morgan fingerprint density at radius 2 is 2.11 bits per heavy atom. The van der Waals surface area contributed by atoms with Crippen LogP contribution < -0.4 is 5.56 Å². The molecule has 3 fully saturated rings. The number of fused-ring (bicyclic) bond motifs is 4. The molecule has 0 radical (unpaired) electrons. The molecule has 3 aliphatic rings. The summed E-state index contributed by atoms with van der Waals surface area (Å²) in [5.41, 5.74) is 0.794. The molecule has 3 saturated heterocycles. The highest BCUT2D eigenvalue weighted by atomic mass is 16.1. The van der Waals surface area contributed by atoms with Gasteiger partial charge in [0.1, 0.15) is 6.33 Å². The molecule has 1 unspecified atom stereocenters. The van der Waals surface area contributed by atoms with Gasteiger partial charge in [-0.15, -0.1) is 0 Å². The molecular formula is C14H16N4O.